The zero-order valence-corrected chi connectivity index (χ0v) is 9.54. The number of benzene rings is 1. The smallest absolute Gasteiger partial charge is 0.163 e. The molecule has 0 fully saturated rings. The van der Waals surface area contributed by atoms with Crippen molar-refractivity contribution in [3.63, 3.8) is 0 Å². The molecule has 2 aliphatic heterocycles. The first-order valence-electron chi connectivity index (χ1n) is 5.67. The van der Waals surface area contributed by atoms with Crippen LogP contribution in [-0.2, 0) is 12.8 Å². The van der Waals surface area contributed by atoms with Gasteiger partial charge in [-0.15, -0.1) is 0 Å². The van der Waals surface area contributed by atoms with Crippen molar-refractivity contribution in [2.24, 2.45) is 0 Å². The highest BCUT2D eigenvalue weighted by atomic mass is 16.5. The van der Waals surface area contributed by atoms with Crippen LogP contribution < -0.4 is 9.47 Å². The summed E-state index contributed by atoms with van der Waals surface area (Å²) in [6, 6.07) is 0. The molecule has 0 N–H and O–H groups in total. The van der Waals surface area contributed by atoms with Gasteiger partial charge in [-0.2, -0.15) is 0 Å². The molecule has 1 aromatic rings. The fourth-order valence-corrected chi connectivity index (χ4v) is 2.64. The Balaban J connectivity index is 2.38. The Labute approximate surface area is 98.5 Å². The lowest BCUT2D eigenvalue weighted by Crippen LogP contribution is -2.04. The van der Waals surface area contributed by atoms with Crippen molar-refractivity contribution in [3.8, 4) is 11.5 Å². The maximum absolute atomic E-state index is 11.7. The fraction of sp³-hybridized carbons (Fsp3) is 0.385. The van der Waals surface area contributed by atoms with E-state index in [-0.39, 0.29) is 5.78 Å². The van der Waals surface area contributed by atoms with Crippen LogP contribution in [0.3, 0.4) is 0 Å². The van der Waals surface area contributed by atoms with Gasteiger partial charge in [-0.05, 0) is 6.92 Å². The summed E-state index contributed by atoms with van der Waals surface area (Å²) in [4.78, 5) is 22.9. The van der Waals surface area contributed by atoms with Gasteiger partial charge in [-0.3, -0.25) is 9.59 Å². The summed E-state index contributed by atoms with van der Waals surface area (Å²) in [6.45, 7) is 2.58. The lowest BCUT2D eigenvalue weighted by molar-refractivity contribution is 0.101. The van der Waals surface area contributed by atoms with E-state index in [9.17, 15) is 9.59 Å². The number of Topliss-reactive ketones (excluding diaryl/α,β-unsaturated/α-hetero) is 1. The highest BCUT2D eigenvalue weighted by Crippen LogP contribution is 2.43. The average molecular weight is 232 g/mol. The molecule has 0 radical (unpaired) electrons. The number of ketones is 1. The second kappa shape index (κ2) is 3.58. The van der Waals surface area contributed by atoms with Crippen molar-refractivity contribution in [2.75, 3.05) is 13.2 Å². The second-order valence-electron chi connectivity index (χ2n) is 4.27. The maximum atomic E-state index is 11.7. The van der Waals surface area contributed by atoms with Crippen LogP contribution in [0.1, 0.15) is 38.8 Å². The van der Waals surface area contributed by atoms with Crippen LogP contribution in [0.2, 0.25) is 0 Å². The Morgan fingerprint density at radius 3 is 2.41 bits per heavy atom. The molecule has 4 heteroatoms. The summed E-state index contributed by atoms with van der Waals surface area (Å²) < 4.78 is 11.0. The second-order valence-corrected chi connectivity index (χ2v) is 4.27. The molecule has 0 bridgehead atoms. The summed E-state index contributed by atoms with van der Waals surface area (Å²) in [5, 5.41) is 0. The normalized spacial score (nSPS) is 15.8. The quantitative estimate of drug-likeness (QED) is 0.573. The average Bonchev–Trinajstić information content (AvgIpc) is 2.92. The third-order valence-electron chi connectivity index (χ3n) is 3.31. The highest BCUT2D eigenvalue weighted by Gasteiger charge is 2.32. The van der Waals surface area contributed by atoms with Gasteiger partial charge in [-0.25, -0.2) is 0 Å². The van der Waals surface area contributed by atoms with Gasteiger partial charge in [0.05, 0.1) is 24.3 Å². The fourth-order valence-electron chi connectivity index (χ4n) is 2.64. The molecule has 17 heavy (non-hydrogen) atoms. The van der Waals surface area contributed by atoms with E-state index in [1.54, 1.807) is 0 Å². The number of aldehydes is 1. The molecule has 0 saturated heterocycles. The van der Waals surface area contributed by atoms with Crippen molar-refractivity contribution in [3.05, 3.63) is 22.3 Å². The van der Waals surface area contributed by atoms with Gasteiger partial charge < -0.3 is 9.47 Å². The van der Waals surface area contributed by atoms with E-state index in [1.165, 1.54) is 6.92 Å². The molecule has 2 aliphatic rings. The molecule has 3 rings (SSSR count). The minimum Gasteiger partial charge on any atom is -0.492 e. The van der Waals surface area contributed by atoms with Gasteiger partial charge in [0.1, 0.15) is 11.5 Å². The zero-order valence-electron chi connectivity index (χ0n) is 9.54. The first kappa shape index (κ1) is 10.3. The standard InChI is InChI=1S/C13H12O4/c1-7(15)11-9-3-5-16-12(9)10(6-14)8-2-4-17-13(8)11/h6H,2-5H2,1H3. The molecule has 0 atom stereocenters. The predicted octanol–water partition coefficient (Wildman–Crippen LogP) is 1.57. The first-order chi connectivity index (χ1) is 8.24. The molecule has 88 valence electrons. The summed E-state index contributed by atoms with van der Waals surface area (Å²) in [7, 11) is 0. The molecule has 0 unspecified atom stereocenters. The van der Waals surface area contributed by atoms with Crippen molar-refractivity contribution in [1.29, 1.82) is 0 Å². The molecule has 0 saturated carbocycles. The van der Waals surface area contributed by atoms with Crippen LogP contribution in [0.25, 0.3) is 0 Å². The van der Waals surface area contributed by atoms with Gasteiger partial charge in [0.2, 0.25) is 0 Å². The third kappa shape index (κ3) is 1.30. The monoisotopic (exact) mass is 232 g/mol. The van der Waals surface area contributed by atoms with Gasteiger partial charge in [0.25, 0.3) is 0 Å². The van der Waals surface area contributed by atoms with Gasteiger partial charge in [-0.1, -0.05) is 0 Å². The highest BCUT2D eigenvalue weighted by molar-refractivity contribution is 6.02. The van der Waals surface area contributed by atoms with Crippen molar-refractivity contribution in [1.82, 2.24) is 0 Å². The molecule has 0 aliphatic carbocycles. The lowest BCUT2D eigenvalue weighted by Gasteiger charge is -2.12. The molecule has 0 spiro atoms. The lowest BCUT2D eigenvalue weighted by atomic mass is 9.93. The van der Waals surface area contributed by atoms with Gasteiger partial charge in [0, 0.05) is 24.0 Å². The van der Waals surface area contributed by atoms with E-state index in [2.05, 4.69) is 0 Å². The van der Waals surface area contributed by atoms with E-state index in [0.29, 0.717) is 48.7 Å². The Bertz CT molecular complexity index is 496. The molecule has 0 amide bonds. The number of ether oxygens (including phenoxy) is 2. The van der Waals surface area contributed by atoms with E-state index in [0.717, 1.165) is 17.4 Å². The number of hydrogen-bond acceptors (Lipinski definition) is 4. The minimum absolute atomic E-state index is 0.0256. The Morgan fingerprint density at radius 1 is 1.12 bits per heavy atom. The summed E-state index contributed by atoms with van der Waals surface area (Å²) in [5.74, 6) is 1.17. The Kier molecular flexibility index (Phi) is 2.18. The molecular formula is C13H12O4. The van der Waals surface area contributed by atoms with E-state index in [1.807, 2.05) is 0 Å². The van der Waals surface area contributed by atoms with Crippen molar-refractivity contribution in [2.45, 2.75) is 19.8 Å². The summed E-state index contributed by atoms with van der Waals surface area (Å²) in [5.41, 5.74) is 2.83. The van der Waals surface area contributed by atoms with Gasteiger partial charge >= 0.3 is 0 Å². The number of carbonyl (C=O) groups excluding carboxylic acids is 2. The van der Waals surface area contributed by atoms with E-state index in [4.69, 9.17) is 9.47 Å². The van der Waals surface area contributed by atoms with Crippen molar-refractivity contribution < 1.29 is 19.1 Å². The first-order valence-corrected chi connectivity index (χ1v) is 5.67. The third-order valence-corrected chi connectivity index (χ3v) is 3.31. The number of carbonyl (C=O) groups is 2. The maximum Gasteiger partial charge on any atom is 0.163 e. The van der Waals surface area contributed by atoms with Crippen LogP contribution in [-0.4, -0.2) is 25.3 Å². The van der Waals surface area contributed by atoms with Crippen LogP contribution in [0.5, 0.6) is 11.5 Å². The van der Waals surface area contributed by atoms with Gasteiger partial charge in [0.15, 0.2) is 12.1 Å². The predicted molar refractivity (Wildman–Crippen MR) is 60.2 cm³/mol. The number of rotatable bonds is 2. The Morgan fingerprint density at radius 2 is 1.76 bits per heavy atom. The molecule has 1 aromatic carbocycles. The van der Waals surface area contributed by atoms with Crippen molar-refractivity contribution >= 4 is 12.1 Å². The van der Waals surface area contributed by atoms with Crippen LogP contribution in [0.4, 0.5) is 0 Å². The topological polar surface area (TPSA) is 52.6 Å². The SMILES string of the molecule is CC(=O)c1c2c(c(C=O)c3c1OCC3)OCC2. The molecule has 2 heterocycles. The largest absolute Gasteiger partial charge is 0.492 e. The molecule has 0 aromatic heterocycles. The van der Waals surface area contributed by atoms with Crippen LogP contribution in [0.15, 0.2) is 0 Å². The number of fused-ring (bicyclic) bond motifs is 2. The summed E-state index contributed by atoms with van der Waals surface area (Å²) in [6.07, 6.45) is 2.14. The minimum atomic E-state index is -0.0256. The molecule has 4 nitrogen and oxygen atoms in total. The summed E-state index contributed by atoms with van der Waals surface area (Å²) >= 11 is 0. The Hall–Kier alpha value is -1.84. The zero-order chi connectivity index (χ0) is 12.0. The van der Waals surface area contributed by atoms with E-state index >= 15 is 0 Å². The van der Waals surface area contributed by atoms with E-state index < -0.39 is 0 Å². The van der Waals surface area contributed by atoms with Crippen LogP contribution >= 0.6 is 0 Å². The van der Waals surface area contributed by atoms with Crippen LogP contribution in [0, 0.1) is 0 Å². The molecular weight excluding hydrogens is 220 g/mol. The number of hydrogen-bond donors (Lipinski definition) is 0.